The maximum atomic E-state index is 11.9. The largest absolute Gasteiger partial charge is 0.490 e. The maximum absolute atomic E-state index is 11.9. The van der Waals surface area contributed by atoms with Crippen LogP contribution in [0.5, 0.6) is 23.0 Å². The molecular formula is C39H30Br4N2O8. The summed E-state index contributed by atoms with van der Waals surface area (Å²) in [5, 5.41) is 0. The van der Waals surface area contributed by atoms with Crippen molar-refractivity contribution in [3.05, 3.63) is 126 Å². The Bertz CT molecular complexity index is 1920. The molecule has 0 bridgehead atoms. The molecule has 0 atom stereocenters. The molecule has 2 aliphatic rings. The van der Waals surface area contributed by atoms with Gasteiger partial charge >= 0.3 is 0 Å². The average Bonchev–Trinajstić information content (AvgIpc) is 3.65. The molecule has 0 aliphatic carbocycles. The second-order valence-electron chi connectivity index (χ2n) is 12.2. The number of amides is 4. The van der Waals surface area contributed by atoms with E-state index in [0.29, 0.717) is 34.4 Å². The van der Waals surface area contributed by atoms with Gasteiger partial charge in [-0.15, -0.1) is 0 Å². The molecule has 10 nitrogen and oxygen atoms in total. The van der Waals surface area contributed by atoms with Gasteiger partial charge in [-0.3, -0.25) is 19.2 Å². The van der Waals surface area contributed by atoms with Gasteiger partial charge in [-0.2, -0.15) is 0 Å². The van der Waals surface area contributed by atoms with E-state index in [-0.39, 0.29) is 50.1 Å². The molecule has 4 amide bonds. The molecule has 0 radical (unpaired) electrons. The summed E-state index contributed by atoms with van der Waals surface area (Å²) in [6.07, 6.45) is 4.98. The number of halogens is 4. The fourth-order valence-electron chi connectivity index (χ4n) is 5.58. The van der Waals surface area contributed by atoms with Crippen LogP contribution in [-0.2, 0) is 24.6 Å². The number of anilines is 2. The van der Waals surface area contributed by atoms with Gasteiger partial charge < -0.3 is 18.9 Å². The van der Waals surface area contributed by atoms with Crippen molar-refractivity contribution in [1.29, 1.82) is 0 Å². The molecule has 14 heteroatoms. The molecule has 6 rings (SSSR count). The molecule has 0 spiro atoms. The normalized spacial score (nSPS) is 14.1. The topological polar surface area (TPSA) is 112 Å². The standard InChI is InChI=1S/C39H30Br4N2O8/c1-39(2,23-19-29(40)37(30(41)20-23)52-17-15-50-27-7-3-25(4-8-27)44-33(46)11-12-34(44)47)24-21-31(42)38(32(43)22-24)53-18-16-51-28-9-5-26(6-10-28)45-35(48)13-14-36(45)49/h3-14,19-22H,15-18H2,1-2H3. The van der Waals surface area contributed by atoms with E-state index in [9.17, 15) is 19.2 Å². The van der Waals surface area contributed by atoms with Gasteiger partial charge in [0.15, 0.2) is 0 Å². The minimum atomic E-state index is -0.418. The van der Waals surface area contributed by atoms with E-state index in [1.807, 2.05) is 24.3 Å². The van der Waals surface area contributed by atoms with Crippen LogP contribution in [0.15, 0.2) is 115 Å². The van der Waals surface area contributed by atoms with Gasteiger partial charge in [-0.05, 0) is 148 Å². The van der Waals surface area contributed by atoms with E-state index in [0.717, 1.165) is 38.8 Å². The highest BCUT2D eigenvalue weighted by Crippen LogP contribution is 2.44. The van der Waals surface area contributed by atoms with Crippen LogP contribution in [0, 0.1) is 0 Å². The third-order valence-electron chi connectivity index (χ3n) is 8.45. The first-order valence-electron chi connectivity index (χ1n) is 16.2. The van der Waals surface area contributed by atoms with E-state index >= 15 is 0 Å². The van der Waals surface area contributed by atoms with E-state index in [2.05, 4.69) is 77.6 Å². The SMILES string of the molecule is CC(C)(c1cc(Br)c(OCCOc2ccc(N3C(=O)C=CC3=O)cc2)c(Br)c1)c1cc(Br)c(OCCOc2ccc(N3C(=O)C=CC3=O)cc2)c(Br)c1. The Balaban J connectivity index is 1.01. The quantitative estimate of drug-likeness (QED) is 0.0911. The number of hydrogen-bond donors (Lipinski definition) is 0. The fraction of sp³-hybridized carbons (Fsp3) is 0.179. The van der Waals surface area contributed by atoms with Crippen molar-refractivity contribution < 1.29 is 38.1 Å². The summed E-state index contributed by atoms with van der Waals surface area (Å²) in [4.78, 5) is 49.9. The molecule has 53 heavy (non-hydrogen) atoms. The number of rotatable bonds is 14. The second kappa shape index (κ2) is 16.4. The van der Waals surface area contributed by atoms with Gasteiger partial charge in [0, 0.05) is 29.7 Å². The highest BCUT2D eigenvalue weighted by Gasteiger charge is 2.28. The van der Waals surface area contributed by atoms with Crippen LogP contribution in [0.4, 0.5) is 11.4 Å². The molecule has 4 aromatic rings. The van der Waals surface area contributed by atoms with Crippen molar-refractivity contribution in [2.45, 2.75) is 19.3 Å². The van der Waals surface area contributed by atoms with E-state index in [1.54, 1.807) is 48.5 Å². The molecule has 2 aliphatic heterocycles. The zero-order valence-electron chi connectivity index (χ0n) is 28.2. The van der Waals surface area contributed by atoms with Crippen molar-refractivity contribution in [2.75, 3.05) is 36.2 Å². The summed E-state index contributed by atoms with van der Waals surface area (Å²) < 4.78 is 26.9. The molecule has 0 saturated carbocycles. The van der Waals surface area contributed by atoms with Crippen molar-refractivity contribution in [3.8, 4) is 23.0 Å². The van der Waals surface area contributed by atoms with Gasteiger partial charge in [-0.1, -0.05) is 13.8 Å². The lowest BCUT2D eigenvalue weighted by Gasteiger charge is -2.28. The van der Waals surface area contributed by atoms with Crippen molar-refractivity contribution >= 4 is 98.7 Å². The summed E-state index contributed by atoms with van der Waals surface area (Å²) in [6.45, 7) is 5.35. The van der Waals surface area contributed by atoms with Crippen LogP contribution >= 0.6 is 63.7 Å². The molecule has 0 saturated heterocycles. The lowest BCUT2D eigenvalue weighted by Crippen LogP contribution is -2.29. The molecule has 4 aromatic carbocycles. The van der Waals surface area contributed by atoms with Crippen molar-refractivity contribution in [2.24, 2.45) is 0 Å². The van der Waals surface area contributed by atoms with Crippen LogP contribution < -0.4 is 28.7 Å². The number of benzene rings is 4. The minimum Gasteiger partial charge on any atom is -0.490 e. The Hall–Kier alpha value is -4.24. The van der Waals surface area contributed by atoms with E-state index in [4.69, 9.17) is 18.9 Å². The smallest absolute Gasteiger partial charge is 0.258 e. The van der Waals surface area contributed by atoms with Crippen LogP contribution in [0.2, 0.25) is 0 Å². The molecule has 0 aromatic heterocycles. The molecule has 0 N–H and O–H groups in total. The molecular weight excluding hydrogens is 944 g/mol. The highest BCUT2D eigenvalue weighted by atomic mass is 79.9. The second-order valence-corrected chi connectivity index (χ2v) is 15.7. The first kappa shape index (κ1) is 38.5. The number of ether oxygens (including phenoxy) is 4. The Morgan fingerprint density at radius 3 is 1.06 bits per heavy atom. The Morgan fingerprint density at radius 1 is 0.472 bits per heavy atom. The number of nitrogens with zero attached hydrogens (tertiary/aromatic N) is 2. The summed E-state index contributed by atoms with van der Waals surface area (Å²) in [5.74, 6) is 0.959. The van der Waals surface area contributed by atoms with Gasteiger partial charge in [0.25, 0.3) is 23.6 Å². The van der Waals surface area contributed by atoms with Crippen LogP contribution in [0.3, 0.4) is 0 Å². The Labute approximate surface area is 339 Å². The number of carbonyl (C=O) groups is 4. The first-order chi connectivity index (χ1) is 25.3. The van der Waals surface area contributed by atoms with Crippen molar-refractivity contribution in [3.63, 3.8) is 0 Å². The van der Waals surface area contributed by atoms with Crippen molar-refractivity contribution in [1.82, 2.24) is 0 Å². The summed E-state index contributed by atoms with van der Waals surface area (Å²) >= 11 is 14.7. The van der Waals surface area contributed by atoms with Gasteiger partial charge in [0.05, 0.1) is 29.3 Å². The lowest BCUT2D eigenvalue weighted by atomic mass is 9.78. The molecule has 2 heterocycles. The predicted molar refractivity (Wildman–Crippen MR) is 214 cm³/mol. The monoisotopic (exact) mass is 970 g/mol. The van der Waals surface area contributed by atoms with Gasteiger partial charge in [0.2, 0.25) is 0 Å². The first-order valence-corrected chi connectivity index (χ1v) is 19.3. The van der Waals surface area contributed by atoms with Crippen LogP contribution in [-0.4, -0.2) is 50.1 Å². The van der Waals surface area contributed by atoms with E-state index in [1.165, 1.54) is 24.3 Å². The summed E-state index contributed by atoms with van der Waals surface area (Å²) in [6, 6.07) is 21.6. The minimum absolute atomic E-state index is 0.271. The summed E-state index contributed by atoms with van der Waals surface area (Å²) in [7, 11) is 0. The zero-order valence-corrected chi connectivity index (χ0v) is 34.6. The Kier molecular flexibility index (Phi) is 11.9. The lowest BCUT2D eigenvalue weighted by molar-refractivity contribution is -0.121. The van der Waals surface area contributed by atoms with Crippen LogP contribution in [0.25, 0.3) is 0 Å². The number of imide groups is 2. The third kappa shape index (κ3) is 8.61. The van der Waals surface area contributed by atoms with Gasteiger partial charge in [-0.25, -0.2) is 9.80 Å². The molecule has 272 valence electrons. The Morgan fingerprint density at radius 2 is 0.755 bits per heavy atom. The van der Waals surface area contributed by atoms with Gasteiger partial charge in [0.1, 0.15) is 49.4 Å². The third-order valence-corrected chi connectivity index (χ3v) is 10.8. The zero-order chi connectivity index (χ0) is 37.9. The fourth-order valence-corrected chi connectivity index (χ4v) is 8.41. The molecule has 0 fully saturated rings. The van der Waals surface area contributed by atoms with Crippen LogP contribution in [0.1, 0.15) is 25.0 Å². The predicted octanol–water partition coefficient (Wildman–Crippen LogP) is 8.84. The highest BCUT2D eigenvalue weighted by molar-refractivity contribution is 9.11. The number of carbonyl (C=O) groups excluding carboxylic acids is 4. The molecule has 0 unspecified atom stereocenters. The summed E-state index contributed by atoms with van der Waals surface area (Å²) in [5.41, 5.74) is 2.61. The average molecular weight is 974 g/mol. The van der Waals surface area contributed by atoms with E-state index < -0.39 is 5.41 Å². The maximum Gasteiger partial charge on any atom is 0.258 e. The number of hydrogen-bond acceptors (Lipinski definition) is 8.